The number of anilines is 1. The monoisotopic (exact) mass is 469 g/mol. The Morgan fingerprint density at radius 1 is 0.857 bits per heavy atom. The highest BCUT2D eigenvalue weighted by Gasteiger charge is 2.53. The van der Waals surface area contributed by atoms with Crippen molar-refractivity contribution in [1.82, 2.24) is 19.8 Å². The molecule has 3 amide bonds. The van der Waals surface area contributed by atoms with Gasteiger partial charge in [-0.05, 0) is 22.8 Å². The zero-order chi connectivity index (χ0) is 24.4. The Morgan fingerprint density at radius 3 is 2.09 bits per heavy atom. The smallest absolute Gasteiger partial charge is 0.240 e. The number of nitrogens with zero attached hydrogens (tertiary/aromatic N) is 5. The summed E-state index contributed by atoms with van der Waals surface area (Å²) in [6.07, 6.45) is 3.36. The summed E-state index contributed by atoms with van der Waals surface area (Å²) >= 11 is 0. The lowest BCUT2D eigenvalue weighted by Crippen LogP contribution is -2.51. The number of carbonyl (C=O) groups excluding carboxylic acids is 3. The lowest BCUT2D eigenvalue weighted by atomic mass is 9.75. The van der Waals surface area contributed by atoms with E-state index in [-0.39, 0.29) is 30.6 Å². The third kappa shape index (κ3) is 4.27. The lowest BCUT2D eigenvalue weighted by Gasteiger charge is -2.36. The number of amides is 3. The first-order chi connectivity index (χ1) is 17.0. The van der Waals surface area contributed by atoms with E-state index in [1.807, 2.05) is 59.5 Å². The molecule has 2 aromatic carbocycles. The topological polar surface area (TPSA) is 86.7 Å². The minimum Gasteiger partial charge on any atom is -0.339 e. The molecule has 8 nitrogen and oxygen atoms in total. The van der Waals surface area contributed by atoms with Crippen molar-refractivity contribution in [3.63, 3.8) is 0 Å². The molecule has 3 aromatic rings. The largest absolute Gasteiger partial charge is 0.339 e. The molecule has 2 fully saturated rings. The number of carbonyl (C=O) groups is 3. The summed E-state index contributed by atoms with van der Waals surface area (Å²) in [5.41, 5.74) is 1.60. The average molecular weight is 470 g/mol. The SMILES string of the molecule is CN1C(=O)C[C@@](CC(=O)N2CCN(c3ncccn3)CC2)(c2ccc(-c3ccccc3)cc2)C1=O. The quantitative estimate of drug-likeness (QED) is 0.534. The minimum atomic E-state index is -1.18. The Hall–Kier alpha value is -4.07. The molecule has 1 atom stereocenters. The van der Waals surface area contributed by atoms with Gasteiger partial charge in [-0.2, -0.15) is 0 Å². The third-order valence-electron chi connectivity index (χ3n) is 7.01. The van der Waals surface area contributed by atoms with Crippen LogP contribution >= 0.6 is 0 Å². The molecule has 0 N–H and O–H groups in total. The summed E-state index contributed by atoms with van der Waals surface area (Å²) in [4.78, 5) is 52.9. The second-order valence-corrected chi connectivity index (χ2v) is 9.05. The van der Waals surface area contributed by atoms with E-state index in [4.69, 9.17) is 0 Å². The molecule has 2 aliphatic heterocycles. The maximum atomic E-state index is 13.4. The number of likely N-dealkylation sites (N-methyl/N-ethyl adjacent to an activating group) is 1. The van der Waals surface area contributed by atoms with Crippen molar-refractivity contribution < 1.29 is 14.4 Å². The normalized spacial score (nSPS) is 20.4. The molecule has 8 heteroatoms. The van der Waals surface area contributed by atoms with Crippen molar-refractivity contribution in [3.05, 3.63) is 78.6 Å². The van der Waals surface area contributed by atoms with E-state index >= 15 is 0 Å². The molecule has 1 aromatic heterocycles. The summed E-state index contributed by atoms with van der Waals surface area (Å²) in [5, 5.41) is 0. The first-order valence-corrected chi connectivity index (χ1v) is 11.7. The Kier molecular flexibility index (Phi) is 6.03. The Balaban J connectivity index is 1.36. The van der Waals surface area contributed by atoms with Crippen LogP contribution in [0.15, 0.2) is 73.1 Å². The van der Waals surface area contributed by atoms with E-state index in [1.54, 1.807) is 23.4 Å². The van der Waals surface area contributed by atoms with Crippen LogP contribution in [0.5, 0.6) is 0 Å². The number of rotatable bonds is 5. The number of benzene rings is 2. The predicted octanol–water partition coefficient (Wildman–Crippen LogP) is 2.51. The van der Waals surface area contributed by atoms with Crippen molar-refractivity contribution in [3.8, 4) is 11.1 Å². The van der Waals surface area contributed by atoms with Crippen LogP contribution in [-0.2, 0) is 19.8 Å². The average Bonchev–Trinajstić information content (AvgIpc) is 3.13. The van der Waals surface area contributed by atoms with E-state index in [2.05, 4.69) is 9.97 Å². The fraction of sp³-hybridized carbons (Fsp3) is 0.296. The van der Waals surface area contributed by atoms with Gasteiger partial charge in [0.1, 0.15) is 0 Å². The van der Waals surface area contributed by atoms with Gasteiger partial charge in [-0.25, -0.2) is 9.97 Å². The van der Waals surface area contributed by atoms with Crippen LogP contribution in [0, 0.1) is 0 Å². The molecule has 0 spiro atoms. The van der Waals surface area contributed by atoms with E-state index < -0.39 is 5.41 Å². The highest BCUT2D eigenvalue weighted by Crippen LogP contribution is 2.40. The summed E-state index contributed by atoms with van der Waals surface area (Å²) in [6, 6.07) is 19.4. The van der Waals surface area contributed by atoms with Crippen molar-refractivity contribution >= 4 is 23.7 Å². The Bertz CT molecular complexity index is 1220. The predicted molar refractivity (Wildman–Crippen MR) is 131 cm³/mol. The van der Waals surface area contributed by atoms with Gasteiger partial charge in [0.15, 0.2) is 0 Å². The first-order valence-electron chi connectivity index (χ1n) is 11.7. The summed E-state index contributed by atoms with van der Waals surface area (Å²) < 4.78 is 0. The molecule has 2 aliphatic rings. The van der Waals surface area contributed by atoms with Gasteiger partial charge in [0.05, 0.1) is 5.41 Å². The molecular formula is C27H27N5O3. The van der Waals surface area contributed by atoms with Gasteiger partial charge in [-0.3, -0.25) is 19.3 Å². The number of hydrogen-bond donors (Lipinski definition) is 0. The molecule has 0 radical (unpaired) electrons. The van der Waals surface area contributed by atoms with Crippen LogP contribution in [-0.4, -0.2) is 70.7 Å². The fourth-order valence-corrected chi connectivity index (χ4v) is 4.95. The maximum absolute atomic E-state index is 13.4. The second kappa shape index (κ2) is 9.29. The van der Waals surface area contributed by atoms with Gasteiger partial charge in [0.2, 0.25) is 23.7 Å². The fourth-order valence-electron chi connectivity index (χ4n) is 4.95. The highest BCUT2D eigenvalue weighted by molar-refractivity contribution is 6.10. The third-order valence-corrected chi connectivity index (χ3v) is 7.01. The molecular weight excluding hydrogens is 442 g/mol. The van der Waals surface area contributed by atoms with Crippen LogP contribution in [0.4, 0.5) is 5.95 Å². The standard InChI is InChI=1S/C27H27N5O3/c1-30-23(33)18-27(25(30)35,22-10-8-21(9-11-22)20-6-3-2-4-7-20)19-24(34)31-14-16-32(17-15-31)26-28-12-5-13-29-26/h2-13H,14-19H2,1H3/t27-/m1/s1. The van der Waals surface area contributed by atoms with E-state index in [0.717, 1.165) is 16.0 Å². The highest BCUT2D eigenvalue weighted by atomic mass is 16.2. The van der Waals surface area contributed by atoms with Gasteiger partial charge in [0, 0.05) is 58.5 Å². The van der Waals surface area contributed by atoms with Gasteiger partial charge in [-0.1, -0.05) is 54.6 Å². The van der Waals surface area contributed by atoms with Gasteiger partial charge in [-0.15, -0.1) is 0 Å². The Morgan fingerprint density at radius 2 is 1.49 bits per heavy atom. The van der Waals surface area contributed by atoms with Crippen LogP contribution < -0.4 is 4.90 Å². The summed E-state index contributed by atoms with van der Waals surface area (Å²) in [7, 11) is 1.49. The molecule has 35 heavy (non-hydrogen) atoms. The maximum Gasteiger partial charge on any atom is 0.240 e. The van der Waals surface area contributed by atoms with E-state index in [9.17, 15) is 14.4 Å². The number of aromatic nitrogens is 2. The van der Waals surface area contributed by atoms with Crippen molar-refractivity contribution in [1.29, 1.82) is 0 Å². The molecule has 0 bridgehead atoms. The van der Waals surface area contributed by atoms with Crippen molar-refractivity contribution in [2.75, 3.05) is 38.1 Å². The molecule has 0 saturated carbocycles. The van der Waals surface area contributed by atoms with Gasteiger partial charge in [0.25, 0.3) is 0 Å². The molecule has 5 rings (SSSR count). The zero-order valence-electron chi connectivity index (χ0n) is 19.6. The Labute approximate surface area is 204 Å². The summed E-state index contributed by atoms with van der Waals surface area (Å²) in [6.45, 7) is 2.25. The lowest BCUT2D eigenvalue weighted by molar-refractivity contribution is -0.141. The number of piperazine rings is 1. The van der Waals surface area contributed by atoms with Crippen LogP contribution in [0.25, 0.3) is 11.1 Å². The zero-order valence-corrected chi connectivity index (χ0v) is 19.6. The number of imide groups is 1. The van der Waals surface area contributed by atoms with E-state index in [1.165, 1.54) is 7.05 Å². The summed E-state index contributed by atoms with van der Waals surface area (Å²) in [5.74, 6) is -0.0596. The molecule has 0 unspecified atom stereocenters. The van der Waals surface area contributed by atoms with Crippen LogP contribution in [0.2, 0.25) is 0 Å². The molecule has 3 heterocycles. The molecule has 0 aliphatic carbocycles. The van der Waals surface area contributed by atoms with E-state index in [0.29, 0.717) is 37.7 Å². The van der Waals surface area contributed by atoms with Crippen molar-refractivity contribution in [2.45, 2.75) is 18.3 Å². The molecule has 178 valence electrons. The van der Waals surface area contributed by atoms with Crippen LogP contribution in [0.1, 0.15) is 18.4 Å². The number of likely N-dealkylation sites (tertiary alicyclic amines) is 1. The molecule has 2 saturated heterocycles. The second-order valence-electron chi connectivity index (χ2n) is 9.05. The van der Waals surface area contributed by atoms with Gasteiger partial charge >= 0.3 is 0 Å². The number of hydrogen-bond acceptors (Lipinski definition) is 6. The first kappa shape index (κ1) is 22.7. The minimum absolute atomic E-state index is 0.00340. The van der Waals surface area contributed by atoms with Gasteiger partial charge < -0.3 is 9.80 Å². The van der Waals surface area contributed by atoms with Crippen LogP contribution in [0.3, 0.4) is 0 Å². The van der Waals surface area contributed by atoms with Crippen molar-refractivity contribution in [2.24, 2.45) is 0 Å².